The maximum absolute atomic E-state index is 11.6. The molecule has 0 aromatic carbocycles. The van der Waals surface area contributed by atoms with Crippen molar-refractivity contribution in [2.75, 3.05) is 46.9 Å². The van der Waals surface area contributed by atoms with Crippen molar-refractivity contribution in [2.24, 2.45) is 0 Å². The average molecular weight is 272 g/mol. The fraction of sp³-hybridized carbons (Fsp3) is 0.923. The first-order chi connectivity index (χ1) is 9.01. The molecule has 0 radical (unpaired) electrons. The van der Waals surface area contributed by atoms with Crippen molar-refractivity contribution in [1.82, 2.24) is 20.4 Å². The van der Waals surface area contributed by atoms with E-state index in [4.69, 9.17) is 5.11 Å². The molecule has 1 atom stereocenters. The summed E-state index contributed by atoms with van der Waals surface area (Å²) in [5, 5.41) is 14.6. The lowest BCUT2D eigenvalue weighted by Crippen LogP contribution is -2.50. The molecule has 112 valence electrons. The standard InChI is InChI=1S/C13H28N4O2/c1-11(10-18)14-13(19)15-12-4-6-17(7-5-12)9-8-16(2)3/h11-12,18H,4-10H2,1-3H3,(H2,14,15,19). The van der Waals surface area contributed by atoms with Crippen molar-refractivity contribution in [3.8, 4) is 0 Å². The molecule has 0 saturated carbocycles. The van der Waals surface area contributed by atoms with Gasteiger partial charge in [-0.1, -0.05) is 0 Å². The molecule has 1 unspecified atom stereocenters. The van der Waals surface area contributed by atoms with Crippen LogP contribution in [0.25, 0.3) is 0 Å². The van der Waals surface area contributed by atoms with E-state index in [2.05, 4.69) is 34.5 Å². The number of piperidine rings is 1. The van der Waals surface area contributed by atoms with Gasteiger partial charge in [-0.15, -0.1) is 0 Å². The molecule has 0 aromatic rings. The zero-order valence-electron chi connectivity index (χ0n) is 12.4. The number of aliphatic hydroxyl groups is 1. The van der Waals surface area contributed by atoms with E-state index in [9.17, 15) is 4.79 Å². The van der Waals surface area contributed by atoms with E-state index in [1.165, 1.54) is 0 Å². The van der Waals surface area contributed by atoms with Gasteiger partial charge in [-0.2, -0.15) is 0 Å². The molecule has 1 saturated heterocycles. The fourth-order valence-electron chi connectivity index (χ4n) is 2.14. The quantitative estimate of drug-likeness (QED) is 0.621. The van der Waals surface area contributed by atoms with Crippen LogP contribution in [0, 0.1) is 0 Å². The Morgan fingerprint density at radius 2 is 2.05 bits per heavy atom. The van der Waals surface area contributed by atoms with E-state index >= 15 is 0 Å². The van der Waals surface area contributed by atoms with E-state index in [-0.39, 0.29) is 24.7 Å². The van der Waals surface area contributed by atoms with Crippen LogP contribution in [0.1, 0.15) is 19.8 Å². The van der Waals surface area contributed by atoms with Gasteiger partial charge in [0.25, 0.3) is 0 Å². The Morgan fingerprint density at radius 3 is 2.58 bits per heavy atom. The first kappa shape index (κ1) is 16.2. The molecule has 1 heterocycles. The lowest BCUT2D eigenvalue weighted by Gasteiger charge is -2.33. The molecule has 19 heavy (non-hydrogen) atoms. The number of likely N-dealkylation sites (tertiary alicyclic amines) is 1. The summed E-state index contributed by atoms with van der Waals surface area (Å²) >= 11 is 0. The third kappa shape index (κ3) is 6.75. The second kappa shape index (κ2) is 8.35. The van der Waals surface area contributed by atoms with E-state index in [1.54, 1.807) is 6.92 Å². The number of urea groups is 1. The third-order valence-corrected chi connectivity index (χ3v) is 3.44. The van der Waals surface area contributed by atoms with E-state index in [0.29, 0.717) is 0 Å². The molecule has 0 bridgehead atoms. The minimum Gasteiger partial charge on any atom is -0.394 e. The van der Waals surface area contributed by atoms with Crippen LogP contribution in [-0.2, 0) is 0 Å². The molecule has 1 aliphatic heterocycles. The normalized spacial score (nSPS) is 19.4. The molecule has 0 aromatic heterocycles. The molecule has 6 heteroatoms. The minimum atomic E-state index is -0.194. The number of rotatable bonds is 6. The largest absolute Gasteiger partial charge is 0.394 e. The molecule has 2 amide bonds. The summed E-state index contributed by atoms with van der Waals surface area (Å²) in [6.07, 6.45) is 1.99. The number of hydrogen-bond acceptors (Lipinski definition) is 4. The number of likely N-dealkylation sites (N-methyl/N-ethyl adjacent to an activating group) is 1. The highest BCUT2D eigenvalue weighted by atomic mass is 16.3. The van der Waals surface area contributed by atoms with Crippen LogP contribution in [0.4, 0.5) is 4.79 Å². The Hall–Kier alpha value is -0.850. The molecule has 0 aliphatic carbocycles. The summed E-state index contributed by atoms with van der Waals surface area (Å²) in [4.78, 5) is 16.2. The van der Waals surface area contributed by atoms with Crippen LogP contribution in [0.3, 0.4) is 0 Å². The maximum Gasteiger partial charge on any atom is 0.315 e. The highest BCUT2D eigenvalue weighted by Gasteiger charge is 2.20. The average Bonchev–Trinajstić information content (AvgIpc) is 2.37. The highest BCUT2D eigenvalue weighted by molar-refractivity contribution is 5.74. The van der Waals surface area contributed by atoms with Gasteiger partial charge in [-0.05, 0) is 33.9 Å². The third-order valence-electron chi connectivity index (χ3n) is 3.44. The Kier molecular flexibility index (Phi) is 7.12. The minimum absolute atomic E-state index is 0.0313. The molecular formula is C13H28N4O2. The topological polar surface area (TPSA) is 67.8 Å². The van der Waals surface area contributed by atoms with Crippen molar-refractivity contribution in [1.29, 1.82) is 0 Å². The van der Waals surface area contributed by atoms with Gasteiger partial charge in [0, 0.05) is 32.2 Å². The predicted octanol–water partition coefficient (Wildman–Crippen LogP) is -0.308. The summed E-state index contributed by atoms with van der Waals surface area (Å²) in [5.41, 5.74) is 0. The zero-order chi connectivity index (χ0) is 14.3. The van der Waals surface area contributed by atoms with Gasteiger partial charge in [-0.25, -0.2) is 4.79 Å². The van der Waals surface area contributed by atoms with Crippen LogP contribution in [-0.4, -0.2) is 79.9 Å². The van der Waals surface area contributed by atoms with Gasteiger partial charge in [0.2, 0.25) is 0 Å². The molecule has 6 nitrogen and oxygen atoms in total. The lowest BCUT2D eigenvalue weighted by molar-refractivity contribution is 0.177. The summed E-state index contributed by atoms with van der Waals surface area (Å²) in [5.74, 6) is 0. The van der Waals surface area contributed by atoms with Crippen LogP contribution in [0.15, 0.2) is 0 Å². The molecule has 1 aliphatic rings. The van der Waals surface area contributed by atoms with Gasteiger partial charge in [0.1, 0.15) is 0 Å². The fourth-order valence-corrected chi connectivity index (χ4v) is 2.14. The number of amides is 2. The molecule has 1 rings (SSSR count). The van der Waals surface area contributed by atoms with Gasteiger partial charge in [0.15, 0.2) is 0 Å². The number of aliphatic hydroxyl groups excluding tert-OH is 1. The summed E-state index contributed by atoms with van der Waals surface area (Å²) in [7, 11) is 4.17. The summed E-state index contributed by atoms with van der Waals surface area (Å²) in [6.45, 7) is 5.99. The molecule has 3 N–H and O–H groups in total. The van der Waals surface area contributed by atoms with E-state index in [1.807, 2.05) is 0 Å². The number of nitrogens with zero attached hydrogens (tertiary/aromatic N) is 2. The Labute approximate surface area is 116 Å². The Balaban J connectivity index is 2.17. The lowest BCUT2D eigenvalue weighted by atomic mass is 10.1. The Bertz CT molecular complexity index is 265. The van der Waals surface area contributed by atoms with Crippen LogP contribution in [0.2, 0.25) is 0 Å². The second-order valence-electron chi connectivity index (χ2n) is 5.62. The number of nitrogens with one attached hydrogen (secondary N) is 2. The highest BCUT2D eigenvalue weighted by Crippen LogP contribution is 2.09. The first-order valence-corrected chi connectivity index (χ1v) is 7.06. The predicted molar refractivity (Wildman–Crippen MR) is 76.2 cm³/mol. The van der Waals surface area contributed by atoms with Crippen molar-refractivity contribution in [2.45, 2.75) is 31.8 Å². The number of hydrogen-bond donors (Lipinski definition) is 3. The van der Waals surface area contributed by atoms with Crippen molar-refractivity contribution < 1.29 is 9.90 Å². The van der Waals surface area contributed by atoms with Crippen LogP contribution >= 0.6 is 0 Å². The van der Waals surface area contributed by atoms with Gasteiger partial charge in [-0.3, -0.25) is 0 Å². The van der Waals surface area contributed by atoms with Crippen LogP contribution in [0.5, 0.6) is 0 Å². The zero-order valence-corrected chi connectivity index (χ0v) is 12.4. The van der Waals surface area contributed by atoms with E-state index in [0.717, 1.165) is 39.0 Å². The SMILES string of the molecule is CC(CO)NC(=O)NC1CCN(CCN(C)C)CC1. The Morgan fingerprint density at radius 1 is 1.42 bits per heavy atom. The molecule has 0 spiro atoms. The number of carbonyl (C=O) groups is 1. The van der Waals surface area contributed by atoms with Gasteiger partial charge in [0.05, 0.1) is 12.6 Å². The van der Waals surface area contributed by atoms with Crippen molar-refractivity contribution in [3.05, 3.63) is 0 Å². The second-order valence-corrected chi connectivity index (χ2v) is 5.62. The van der Waals surface area contributed by atoms with Crippen LogP contribution < -0.4 is 10.6 Å². The smallest absolute Gasteiger partial charge is 0.315 e. The van der Waals surface area contributed by atoms with Gasteiger partial charge >= 0.3 is 6.03 Å². The monoisotopic (exact) mass is 272 g/mol. The molecular weight excluding hydrogens is 244 g/mol. The summed E-state index contributed by atoms with van der Waals surface area (Å²) in [6, 6.07) is -0.116. The van der Waals surface area contributed by atoms with Gasteiger partial charge < -0.3 is 25.5 Å². The van der Waals surface area contributed by atoms with Crippen molar-refractivity contribution in [3.63, 3.8) is 0 Å². The number of carbonyl (C=O) groups excluding carboxylic acids is 1. The molecule has 1 fully saturated rings. The first-order valence-electron chi connectivity index (χ1n) is 7.06. The maximum atomic E-state index is 11.6. The summed E-state index contributed by atoms with van der Waals surface area (Å²) < 4.78 is 0. The van der Waals surface area contributed by atoms with E-state index < -0.39 is 0 Å². The van der Waals surface area contributed by atoms with Crippen molar-refractivity contribution >= 4 is 6.03 Å².